The molecule has 206 valence electrons. The zero-order valence-electron chi connectivity index (χ0n) is 23.4. The minimum atomic E-state index is -1.28. The fraction of sp³-hybridized carbons (Fsp3) is 0.839. The molecule has 3 rings (SSSR count). The number of Topliss-reactive ketones (excluding diaryl/α,β-unsaturated/α-hetero) is 1. The summed E-state index contributed by atoms with van der Waals surface area (Å²) >= 11 is 0. The molecule has 3 aliphatic rings. The molecule has 3 aliphatic carbocycles. The Morgan fingerprint density at radius 1 is 1.06 bits per heavy atom. The van der Waals surface area contributed by atoms with Crippen molar-refractivity contribution in [3.63, 3.8) is 0 Å². The summed E-state index contributed by atoms with van der Waals surface area (Å²) < 4.78 is 0. The van der Waals surface area contributed by atoms with E-state index in [1.807, 2.05) is 13.8 Å². The van der Waals surface area contributed by atoms with Crippen LogP contribution in [0.15, 0.2) is 23.3 Å². The van der Waals surface area contributed by atoms with Crippen molar-refractivity contribution in [2.45, 2.75) is 141 Å². The van der Waals surface area contributed by atoms with E-state index in [9.17, 15) is 25.2 Å². The maximum Gasteiger partial charge on any atom is 0.163 e. The van der Waals surface area contributed by atoms with Gasteiger partial charge in [-0.25, -0.2) is 0 Å². The van der Waals surface area contributed by atoms with Gasteiger partial charge >= 0.3 is 0 Å². The molecule has 6 atom stereocenters. The first-order valence-electron chi connectivity index (χ1n) is 14.4. The molecular weight excluding hydrogens is 452 g/mol. The lowest BCUT2D eigenvalue weighted by Crippen LogP contribution is -2.37. The Morgan fingerprint density at radius 3 is 2.33 bits per heavy atom. The third-order valence-corrected chi connectivity index (χ3v) is 9.47. The molecule has 5 nitrogen and oxygen atoms in total. The Hall–Kier alpha value is -1.01. The number of aliphatic hydroxyl groups excluding tert-OH is 2. The summed E-state index contributed by atoms with van der Waals surface area (Å²) in [5.41, 5.74) is 0.894. The molecule has 0 unspecified atom stereocenters. The van der Waals surface area contributed by atoms with Crippen LogP contribution in [0.1, 0.15) is 118 Å². The fourth-order valence-corrected chi connectivity index (χ4v) is 7.55. The van der Waals surface area contributed by atoms with E-state index in [-0.39, 0.29) is 11.2 Å². The topological polar surface area (TPSA) is 98.0 Å². The minimum absolute atomic E-state index is 0.0811. The van der Waals surface area contributed by atoms with Gasteiger partial charge < -0.3 is 20.4 Å². The van der Waals surface area contributed by atoms with Crippen molar-refractivity contribution in [3.8, 4) is 0 Å². The van der Waals surface area contributed by atoms with Crippen molar-refractivity contribution >= 4 is 5.78 Å². The lowest BCUT2D eigenvalue weighted by molar-refractivity contribution is -0.134. The van der Waals surface area contributed by atoms with Crippen LogP contribution >= 0.6 is 0 Å². The molecule has 0 bridgehead atoms. The smallest absolute Gasteiger partial charge is 0.163 e. The van der Waals surface area contributed by atoms with Crippen molar-refractivity contribution in [1.29, 1.82) is 0 Å². The molecule has 0 spiro atoms. The van der Waals surface area contributed by atoms with Gasteiger partial charge in [-0.15, -0.1) is 0 Å². The highest BCUT2D eigenvalue weighted by atomic mass is 16.3. The van der Waals surface area contributed by atoms with Crippen LogP contribution in [0.3, 0.4) is 0 Å². The first-order valence-corrected chi connectivity index (χ1v) is 14.4. The van der Waals surface area contributed by atoms with Crippen molar-refractivity contribution < 1.29 is 25.2 Å². The van der Waals surface area contributed by atoms with E-state index in [1.54, 1.807) is 13.8 Å². The number of carbonyl (C=O) groups excluding carboxylic acids is 1. The average Bonchev–Trinajstić information content (AvgIpc) is 3.09. The Labute approximate surface area is 219 Å². The summed E-state index contributed by atoms with van der Waals surface area (Å²) in [5.74, 6) is 1.40. The Kier molecular flexibility index (Phi) is 9.68. The molecular formula is C31H52O5. The first-order chi connectivity index (χ1) is 16.7. The summed E-state index contributed by atoms with van der Waals surface area (Å²) in [5, 5.41) is 40.6. The summed E-state index contributed by atoms with van der Waals surface area (Å²) in [6, 6.07) is 0. The lowest BCUT2D eigenvalue weighted by atomic mass is 9.60. The van der Waals surface area contributed by atoms with Gasteiger partial charge in [0.2, 0.25) is 0 Å². The van der Waals surface area contributed by atoms with E-state index in [1.165, 1.54) is 24.8 Å². The van der Waals surface area contributed by atoms with Crippen LogP contribution in [0.2, 0.25) is 0 Å². The minimum Gasteiger partial charge on any atom is -0.393 e. The van der Waals surface area contributed by atoms with Gasteiger partial charge in [0.15, 0.2) is 5.78 Å². The van der Waals surface area contributed by atoms with Crippen LogP contribution in [0.4, 0.5) is 0 Å². The maximum atomic E-state index is 12.6. The van der Waals surface area contributed by atoms with Gasteiger partial charge in [-0.1, -0.05) is 43.1 Å². The van der Waals surface area contributed by atoms with Crippen molar-refractivity contribution in [2.24, 2.45) is 23.2 Å². The van der Waals surface area contributed by atoms with Crippen LogP contribution in [0.5, 0.6) is 0 Å². The molecule has 0 aromatic carbocycles. The molecule has 4 N–H and O–H groups in total. The fourth-order valence-electron chi connectivity index (χ4n) is 7.55. The van der Waals surface area contributed by atoms with Crippen molar-refractivity contribution in [3.05, 3.63) is 23.3 Å². The van der Waals surface area contributed by atoms with Gasteiger partial charge in [0.1, 0.15) is 5.60 Å². The number of allylic oxidation sites excluding steroid dienone is 3. The standard InChI is InChI=1S/C31H52O5/c1-29(2,35)16-6-8-23(12-15-28(34)30(3,4)36)27-14-13-26-22(9-7-17-31(26,27)5)11-10-21-18-24(32)20-25(33)19-21/h10-11,23-27,32-33,35-36H,6-9,12-20H2,1-5H3/b22-11-/t23-,24+,25+,26-,27+,31-/m0/s1. The first kappa shape index (κ1) is 29.5. The van der Waals surface area contributed by atoms with Crippen LogP contribution in [-0.2, 0) is 4.79 Å². The quantitative estimate of drug-likeness (QED) is 0.309. The number of rotatable bonds is 10. The van der Waals surface area contributed by atoms with Crippen LogP contribution in [-0.4, -0.2) is 49.6 Å². The number of hydrogen-bond donors (Lipinski definition) is 4. The number of aliphatic hydroxyl groups is 4. The summed E-state index contributed by atoms with van der Waals surface area (Å²) in [7, 11) is 0. The SMILES string of the molecule is CC(C)(O)CCC[C@@H](CCC(=O)C(C)(C)O)[C@H]1CC[C@H]2/C(=C\C=C3C[C@@H](O)C[C@H](O)C3)CCC[C@]12C. The molecule has 0 saturated heterocycles. The zero-order chi connectivity index (χ0) is 26.7. The molecule has 0 radical (unpaired) electrons. The molecule has 36 heavy (non-hydrogen) atoms. The third-order valence-electron chi connectivity index (χ3n) is 9.47. The van der Waals surface area contributed by atoms with E-state index < -0.39 is 23.4 Å². The zero-order valence-corrected chi connectivity index (χ0v) is 23.4. The lowest BCUT2D eigenvalue weighted by Gasteiger charge is -2.45. The highest BCUT2D eigenvalue weighted by Gasteiger charge is 2.51. The molecule has 3 fully saturated rings. The third kappa shape index (κ3) is 7.75. The Morgan fingerprint density at radius 2 is 1.72 bits per heavy atom. The maximum absolute atomic E-state index is 12.6. The van der Waals surface area contributed by atoms with Gasteiger partial charge in [0.25, 0.3) is 0 Å². The number of fused-ring (bicyclic) bond motifs is 1. The molecule has 0 heterocycles. The second-order valence-electron chi connectivity index (χ2n) is 13.6. The normalized spacial score (nSPS) is 33.5. The number of hydrogen-bond acceptors (Lipinski definition) is 5. The monoisotopic (exact) mass is 504 g/mol. The van der Waals surface area contributed by atoms with Gasteiger partial charge in [-0.2, -0.15) is 0 Å². The average molecular weight is 505 g/mol. The summed E-state index contributed by atoms with van der Waals surface area (Å²) in [6.45, 7) is 9.36. The number of carbonyl (C=O) groups is 1. The van der Waals surface area contributed by atoms with Crippen molar-refractivity contribution in [2.75, 3.05) is 0 Å². The molecule has 5 heteroatoms. The highest BCUT2D eigenvalue weighted by molar-refractivity contribution is 5.86. The van der Waals surface area contributed by atoms with E-state index in [4.69, 9.17) is 0 Å². The van der Waals surface area contributed by atoms with E-state index >= 15 is 0 Å². The van der Waals surface area contributed by atoms with Gasteiger partial charge in [0, 0.05) is 6.42 Å². The van der Waals surface area contributed by atoms with E-state index in [2.05, 4.69) is 19.1 Å². The predicted octanol–water partition coefficient (Wildman–Crippen LogP) is 5.64. The van der Waals surface area contributed by atoms with E-state index in [0.717, 1.165) is 44.1 Å². The molecule has 0 aromatic rings. The summed E-state index contributed by atoms with van der Waals surface area (Å²) in [4.78, 5) is 12.6. The van der Waals surface area contributed by atoms with Gasteiger partial charge in [-0.3, -0.25) is 4.79 Å². The van der Waals surface area contributed by atoms with Gasteiger partial charge in [-0.05, 0) is 115 Å². The van der Waals surface area contributed by atoms with Crippen LogP contribution < -0.4 is 0 Å². The van der Waals surface area contributed by atoms with Gasteiger partial charge in [0.05, 0.1) is 17.8 Å². The highest BCUT2D eigenvalue weighted by Crippen LogP contribution is 2.60. The molecule has 0 aromatic heterocycles. The Balaban J connectivity index is 1.76. The predicted molar refractivity (Wildman–Crippen MR) is 144 cm³/mol. The van der Waals surface area contributed by atoms with Crippen LogP contribution in [0.25, 0.3) is 0 Å². The largest absolute Gasteiger partial charge is 0.393 e. The number of ketones is 1. The second-order valence-corrected chi connectivity index (χ2v) is 13.6. The molecule has 0 amide bonds. The molecule has 3 saturated carbocycles. The second kappa shape index (κ2) is 11.8. The van der Waals surface area contributed by atoms with Crippen molar-refractivity contribution in [1.82, 2.24) is 0 Å². The summed E-state index contributed by atoms with van der Waals surface area (Å²) in [6.07, 6.45) is 15.1. The molecule has 0 aliphatic heterocycles. The Bertz CT molecular complexity index is 802. The van der Waals surface area contributed by atoms with E-state index in [0.29, 0.717) is 43.4 Å². The van der Waals surface area contributed by atoms with Crippen LogP contribution in [0, 0.1) is 23.2 Å².